The second-order valence-electron chi connectivity index (χ2n) is 7.07. The summed E-state index contributed by atoms with van der Waals surface area (Å²) >= 11 is 0. The average Bonchev–Trinajstić information content (AvgIpc) is 2.71. The molecule has 29 heavy (non-hydrogen) atoms. The normalized spacial score (nSPS) is 15.0. The summed E-state index contributed by atoms with van der Waals surface area (Å²) in [6.45, 7) is 7.65. The molecule has 8 heteroatoms. The first-order valence-corrected chi connectivity index (χ1v) is 9.33. The van der Waals surface area contributed by atoms with E-state index in [4.69, 9.17) is 9.47 Å². The van der Waals surface area contributed by atoms with Crippen LogP contribution in [-0.4, -0.2) is 44.4 Å². The van der Waals surface area contributed by atoms with Crippen molar-refractivity contribution in [3.05, 3.63) is 63.5 Å². The summed E-state index contributed by atoms with van der Waals surface area (Å²) in [5, 5.41) is 0. The van der Waals surface area contributed by atoms with Crippen molar-refractivity contribution in [1.82, 2.24) is 4.90 Å². The maximum Gasteiger partial charge on any atom is 0.200 e. The molecule has 2 aromatic carbocycles. The SMILES string of the molecule is Cc1cc(C)c(OCCN2CCOCC2)cc1Cc1c(F)c(F)c(F)c(F)c1F. The Kier molecular flexibility index (Phi) is 6.74. The highest BCUT2D eigenvalue weighted by Gasteiger charge is 2.26. The molecule has 0 radical (unpaired) electrons. The third-order valence-electron chi connectivity index (χ3n) is 5.07. The monoisotopic (exact) mass is 415 g/mol. The molecule has 3 nitrogen and oxygen atoms in total. The first-order chi connectivity index (χ1) is 13.8. The zero-order valence-electron chi connectivity index (χ0n) is 16.3. The lowest BCUT2D eigenvalue weighted by molar-refractivity contribution is 0.0322. The van der Waals surface area contributed by atoms with E-state index in [1.165, 1.54) is 0 Å². The molecule has 0 amide bonds. The molecule has 0 aliphatic carbocycles. The summed E-state index contributed by atoms with van der Waals surface area (Å²) < 4.78 is 79.4. The minimum Gasteiger partial charge on any atom is -0.492 e. The average molecular weight is 415 g/mol. The van der Waals surface area contributed by atoms with Gasteiger partial charge in [0.25, 0.3) is 0 Å². The largest absolute Gasteiger partial charge is 0.492 e. The molecule has 1 fully saturated rings. The van der Waals surface area contributed by atoms with Gasteiger partial charge < -0.3 is 9.47 Å². The predicted molar refractivity (Wildman–Crippen MR) is 97.7 cm³/mol. The smallest absolute Gasteiger partial charge is 0.200 e. The molecule has 2 aromatic rings. The minimum absolute atomic E-state index is 0.409. The second kappa shape index (κ2) is 9.09. The summed E-state index contributed by atoms with van der Waals surface area (Å²) in [7, 11) is 0. The van der Waals surface area contributed by atoms with E-state index in [1.807, 2.05) is 6.92 Å². The molecule has 0 spiro atoms. The zero-order chi connectivity index (χ0) is 21.1. The zero-order valence-corrected chi connectivity index (χ0v) is 16.3. The van der Waals surface area contributed by atoms with E-state index in [0.29, 0.717) is 43.2 Å². The van der Waals surface area contributed by atoms with Gasteiger partial charge >= 0.3 is 0 Å². The third-order valence-corrected chi connectivity index (χ3v) is 5.07. The maximum absolute atomic E-state index is 14.0. The molecule has 158 valence electrons. The van der Waals surface area contributed by atoms with E-state index >= 15 is 0 Å². The van der Waals surface area contributed by atoms with Gasteiger partial charge in [-0.1, -0.05) is 6.07 Å². The van der Waals surface area contributed by atoms with Gasteiger partial charge in [0.2, 0.25) is 5.82 Å². The summed E-state index contributed by atoms with van der Waals surface area (Å²) in [5.74, 6) is -9.14. The first kappa shape index (κ1) is 21.5. The van der Waals surface area contributed by atoms with Crippen molar-refractivity contribution < 1.29 is 31.4 Å². The Labute approximate surface area is 166 Å². The second-order valence-corrected chi connectivity index (χ2v) is 7.07. The van der Waals surface area contributed by atoms with E-state index in [1.54, 1.807) is 19.1 Å². The molecule has 0 aromatic heterocycles. The van der Waals surface area contributed by atoms with E-state index < -0.39 is 41.1 Å². The number of hydrogen-bond donors (Lipinski definition) is 0. The Bertz CT molecular complexity index is 868. The van der Waals surface area contributed by atoms with Crippen molar-refractivity contribution >= 4 is 0 Å². The van der Waals surface area contributed by atoms with Crippen molar-refractivity contribution in [3.8, 4) is 5.75 Å². The number of aryl methyl sites for hydroxylation is 2. The molecule has 3 rings (SSSR count). The number of morpholine rings is 1. The molecule has 1 saturated heterocycles. The van der Waals surface area contributed by atoms with Gasteiger partial charge in [-0.05, 0) is 36.6 Å². The Morgan fingerprint density at radius 2 is 1.45 bits per heavy atom. The van der Waals surface area contributed by atoms with E-state index in [0.717, 1.165) is 18.7 Å². The lowest BCUT2D eigenvalue weighted by atomic mass is 9.97. The summed E-state index contributed by atoms with van der Waals surface area (Å²) in [5.41, 5.74) is 1.07. The Hall–Kier alpha value is -2.19. The molecular formula is C21H22F5NO2. The summed E-state index contributed by atoms with van der Waals surface area (Å²) in [6.07, 6.45) is -0.433. The lowest BCUT2D eigenvalue weighted by Gasteiger charge is -2.26. The number of ether oxygens (including phenoxy) is 2. The molecule has 1 aliphatic rings. The van der Waals surface area contributed by atoms with Gasteiger partial charge in [-0.15, -0.1) is 0 Å². The van der Waals surface area contributed by atoms with Crippen LogP contribution in [0.4, 0.5) is 22.0 Å². The van der Waals surface area contributed by atoms with Crippen LogP contribution in [0, 0.1) is 42.9 Å². The van der Waals surface area contributed by atoms with Crippen LogP contribution in [0.1, 0.15) is 22.3 Å². The maximum atomic E-state index is 14.0. The minimum atomic E-state index is -2.16. The molecule has 0 atom stereocenters. The Balaban J connectivity index is 1.79. The van der Waals surface area contributed by atoms with Crippen LogP contribution in [0.15, 0.2) is 12.1 Å². The highest BCUT2D eigenvalue weighted by atomic mass is 19.2. The Morgan fingerprint density at radius 3 is 2.07 bits per heavy atom. The molecule has 0 N–H and O–H groups in total. The fourth-order valence-electron chi connectivity index (χ4n) is 3.33. The van der Waals surface area contributed by atoms with Crippen LogP contribution >= 0.6 is 0 Å². The Morgan fingerprint density at radius 1 is 0.862 bits per heavy atom. The van der Waals surface area contributed by atoms with Gasteiger partial charge in [-0.25, -0.2) is 22.0 Å². The molecule has 0 bridgehead atoms. The fourth-order valence-corrected chi connectivity index (χ4v) is 3.33. The highest BCUT2D eigenvalue weighted by Crippen LogP contribution is 2.29. The molecule has 0 saturated carbocycles. The number of rotatable bonds is 6. The standard InChI is InChI=1S/C21H22F5NO2/c1-12-9-13(2)16(29-8-5-27-3-6-28-7-4-27)11-14(12)10-15-17(22)19(24)21(26)20(25)18(15)23/h9,11H,3-8,10H2,1-2H3. The van der Waals surface area contributed by atoms with Gasteiger partial charge in [0.1, 0.15) is 12.4 Å². The van der Waals surface area contributed by atoms with E-state index in [-0.39, 0.29) is 0 Å². The lowest BCUT2D eigenvalue weighted by Crippen LogP contribution is -2.38. The van der Waals surface area contributed by atoms with Crippen LogP contribution in [0.25, 0.3) is 0 Å². The van der Waals surface area contributed by atoms with Gasteiger partial charge in [0.05, 0.1) is 13.2 Å². The van der Waals surface area contributed by atoms with Crippen LogP contribution < -0.4 is 4.74 Å². The van der Waals surface area contributed by atoms with Gasteiger partial charge in [-0.3, -0.25) is 4.90 Å². The topological polar surface area (TPSA) is 21.7 Å². The fraction of sp³-hybridized carbons (Fsp3) is 0.429. The van der Waals surface area contributed by atoms with Gasteiger partial charge in [0.15, 0.2) is 23.3 Å². The van der Waals surface area contributed by atoms with Gasteiger partial charge in [-0.2, -0.15) is 0 Å². The quantitative estimate of drug-likeness (QED) is 0.399. The van der Waals surface area contributed by atoms with Crippen molar-refractivity contribution in [2.45, 2.75) is 20.3 Å². The van der Waals surface area contributed by atoms with Crippen molar-refractivity contribution in [3.63, 3.8) is 0 Å². The summed E-state index contributed by atoms with van der Waals surface area (Å²) in [4.78, 5) is 2.20. The molecule has 0 unspecified atom stereocenters. The highest BCUT2D eigenvalue weighted by molar-refractivity contribution is 5.44. The van der Waals surface area contributed by atoms with E-state index in [9.17, 15) is 22.0 Å². The first-order valence-electron chi connectivity index (χ1n) is 9.33. The van der Waals surface area contributed by atoms with Crippen molar-refractivity contribution in [1.29, 1.82) is 0 Å². The summed E-state index contributed by atoms with van der Waals surface area (Å²) in [6, 6.07) is 3.37. The van der Waals surface area contributed by atoms with Crippen molar-refractivity contribution in [2.24, 2.45) is 0 Å². The van der Waals surface area contributed by atoms with Crippen LogP contribution in [0.3, 0.4) is 0 Å². The van der Waals surface area contributed by atoms with Gasteiger partial charge in [0, 0.05) is 31.6 Å². The van der Waals surface area contributed by atoms with E-state index in [2.05, 4.69) is 4.90 Å². The number of halogens is 5. The van der Waals surface area contributed by atoms with Crippen LogP contribution in [-0.2, 0) is 11.2 Å². The van der Waals surface area contributed by atoms with Crippen molar-refractivity contribution in [2.75, 3.05) is 39.5 Å². The predicted octanol–water partition coefficient (Wildman–Crippen LogP) is 4.30. The molecule has 1 heterocycles. The van der Waals surface area contributed by atoms with Crippen LogP contribution in [0.5, 0.6) is 5.75 Å². The molecular weight excluding hydrogens is 393 g/mol. The number of benzene rings is 2. The van der Waals surface area contributed by atoms with Crippen LogP contribution in [0.2, 0.25) is 0 Å². The molecule has 1 aliphatic heterocycles. The number of nitrogens with zero attached hydrogens (tertiary/aromatic N) is 1. The third kappa shape index (κ3) is 4.70. The number of hydrogen-bond acceptors (Lipinski definition) is 3.